The summed E-state index contributed by atoms with van der Waals surface area (Å²) in [5, 5.41) is 1.42. The van der Waals surface area contributed by atoms with E-state index in [0.29, 0.717) is 17.0 Å². The van der Waals surface area contributed by atoms with Gasteiger partial charge in [0, 0.05) is 10.4 Å². The molecule has 0 nitrogen and oxygen atoms in total. The van der Waals surface area contributed by atoms with Crippen LogP contribution in [0, 0.1) is 17.6 Å². The summed E-state index contributed by atoms with van der Waals surface area (Å²) in [5.41, 5.74) is 1.55. The van der Waals surface area contributed by atoms with E-state index in [-0.39, 0.29) is 11.7 Å². The Morgan fingerprint density at radius 3 is 2.35 bits per heavy atom. The standard InChI is InChI=1S/C16H14BrClF2/c17-10-12(7-11-1-3-14(18)4-2-11)8-13-9-15(19)5-6-16(13)20/h1-6,9,12H,7-8,10H2. The highest BCUT2D eigenvalue weighted by molar-refractivity contribution is 9.09. The van der Waals surface area contributed by atoms with E-state index in [0.717, 1.165) is 23.4 Å². The van der Waals surface area contributed by atoms with Crippen molar-refractivity contribution in [1.29, 1.82) is 0 Å². The molecule has 0 aliphatic heterocycles. The van der Waals surface area contributed by atoms with Gasteiger partial charge in [-0.3, -0.25) is 0 Å². The molecule has 2 rings (SSSR count). The van der Waals surface area contributed by atoms with Gasteiger partial charge in [-0.1, -0.05) is 39.7 Å². The molecule has 0 spiro atoms. The van der Waals surface area contributed by atoms with Crippen LogP contribution >= 0.6 is 27.5 Å². The third kappa shape index (κ3) is 4.29. The molecule has 0 saturated heterocycles. The molecule has 0 radical (unpaired) electrons. The molecule has 2 aromatic carbocycles. The molecule has 0 saturated carbocycles. The Morgan fingerprint density at radius 2 is 1.70 bits per heavy atom. The van der Waals surface area contributed by atoms with E-state index in [1.165, 1.54) is 12.1 Å². The first kappa shape index (κ1) is 15.5. The molecule has 4 heteroatoms. The minimum atomic E-state index is -0.402. The third-order valence-corrected chi connectivity index (χ3v) is 4.34. The molecular weight excluding hydrogens is 346 g/mol. The number of alkyl halides is 1. The molecule has 2 aromatic rings. The molecular formula is C16H14BrClF2. The molecule has 1 atom stereocenters. The zero-order chi connectivity index (χ0) is 14.5. The van der Waals surface area contributed by atoms with Crippen molar-refractivity contribution < 1.29 is 8.78 Å². The highest BCUT2D eigenvalue weighted by atomic mass is 79.9. The predicted molar refractivity (Wildman–Crippen MR) is 82.5 cm³/mol. The average molecular weight is 360 g/mol. The monoisotopic (exact) mass is 358 g/mol. The lowest BCUT2D eigenvalue weighted by Gasteiger charge is -2.15. The second kappa shape index (κ2) is 7.19. The molecule has 106 valence electrons. The first-order valence-corrected chi connectivity index (χ1v) is 7.82. The highest BCUT2D eigenvalue weighted by Gasteiger charge is 2.13. The number of halogens is 4. The van der Waals surface area contributed by atoms with Crippen LogP contribution in [0.1, 0.15) is 11.1 Å². The van der Waals surface area contributed by atoms with E-state index >= 15 is 0 Å². The van der Waals surface area contributed by atoms with Crippen molar-refractivity contribution in [2.24, 2.45) is 5.92 Å². The molecule has 0 amide bonds. The van der Waals surface area contributed by atoms with Crippen LogP contribution in [-0.2, 0) is 12.8 Å². The van der Waals surface area contributed by atoms with Crippen LogP contribution in [-0.4, -0.2) is 5.33 Å². The summed E-state index contributed by atoms with van der Waals surface area (Å²) in [6.45, 7) is 0. The summed E-state index contributed by atoms with van der Waals surface area (Å²) in [5.74, 6) is -0.554. The van der Waals surface area contributed by atoms with E-state index in [2.05, 4.69) is 15.9 Å². The SMILES string of the molecule is Fc1ccc(F)c(CC(CBr)Cc2ccc(Cl)cc2)c1. The summed E-state index contributed by atoms with van der Waals surface area (Å²) < 4.78 is 26.8. The fourth-order valence-corrected chi connectivity index (χ4v) is 2.73. The maximum atomic E-state index is 13.7. The summed E-state index contributed by atoms with van der Waals surface area (Å²) in [4.78, 5) is 0. The van der Waals surface area contributed by atoms with Crippen molar-refractivity contribution in [3.8, 4) is 0 Å². The number of hydrogen-bond donors (Lipinski definition) is 0. The van der Waals surface area contributed by atoms with Gasteiger partial charge in [0.25, 0.3) is 0 Å². The van der Waals surface area contributed by atoms with E-state index in [1.807, 2.05) is 24.3 Å². The Bertz CT molecular complexity index is 569. The zero-order valence-electron chi connectivity index (χ0n) is 10.8. The van der Waals surface area contributed by atoms with Crippen LogP contribution in [0.25, 0.3) is 0 Å². The molecule has 0 aliphatic carbocycles. The largest absolute Gasteiger partial charge is 0.207 e. The summed E-state index contributed by atoms with van der Waals surface area (Å²) >= 11 is 9.30. The fraction of sp³-hybridized carbons (Fsp3) is 0.250. The van der Waals surface area contributed by atoms with Gasteiger partial charge >= 0.3 is 0 Å². The van der Waals surface area contributed by atoms with Gasteiger partial charge in [0.05, 0.1) is 0 Å². The smallest absolute Gasteiger partial charge is 0.126 e. The first-order chi connectivity index (χ1) is 9.58. The lowest BCUT2D eigenvalue weighted by atomic mass is 9.94. The number of hydrogen-bond acceptors (Lipinski definition) is 0. The van der Waals surface area contributed by atoms with Crippen molar-refractivity contribution >= 4 is 27.5 Å². The maximum Gasteiger partial charge on any atom is 0.126 e. The summed E-state index contributed by atoms with van der Waals surface area (Å²) in [6, 6.07) is 11.2. The van der Waals surface area contributed by atoms with Crippen molar-refractivity contribution in [2.75, 3.05) is 5.33 Å². The fourth-order valence-electron chi connectivity index (χ4n) is 2.15. The topological polar surface area (TPSA) is 0 Å². The molecule has 0 bridgehead atoms. The van der Waals surface area contributed by atoms with Gasteiger partial charge in [-0.2, -0.15) is 0 Å². The Morgan fingerprint density at radius 1 is 1.00 bits per heavy atom. The Hall–Kier alpha value is -0.930. The predicted octanol–water partition coefficient (Wildman–Crippen LogP) is 5.41. The molecule has 0 fully saturated rings. The minimum absolute atomic E-state index is 0.201. The van der Waals surface area contributed by atoms with E-state index in [9.17, 15) is 8.78 Å². The van der Waals surface area contributed by atoms with Crippen LogP contribution in [0.4, 0.5) is 8.78 Å². The summed E-state index contributed by atoms with van der Waals surface area (Å²) in [7, 11) is 0. The van der Waals surface area contributed by atoms with E-state index in [1.54, 1.807) is 0 Å². The number of benzene rings is 2. The molecule has 0 heterocycles. The highest BCUT2D eigenvalue weighted by Crippen LogP contribution is 2.20. The third-order valence-electron chi connectivity index (χ3n) is 3.17. The van der Waals surface area contributed by atoms with Crippen molar-refractivity contribution in [3.63, 3.8) is 0 Å². The second-order valence-electron chi connectivity index (χ2n) is 4.79. The van der Waals surface area contributed by atoms with Gasteiger partial charge in [0.1, 0.15) is 11.6 Å². The normalized spacial score (nSPS) is 12.4. The average Bonchev–Trinajstić information content (AvgIpc) is 2.44. The molecule has 0 aliphatic rings. The zero-order valence-corrected chi connectivity index (χ0v) is 13.1. The van der Waals surface area contributed by atoms with Crippen LogP contribution in [0.2, 0.25) is 5.02 Å². The van der Waals surface area contributed by atoms with Crippen molar-refractivity contribution in [2.45, 2.75) is 12.8 Å². The van der Waals surface area contributed by atoms with Crippen molar-refractivity contribution in [1.82, 2.24) is 0 Å². The second-order valence-corrected chi connectivity index (χ2v) is 5.87. The van der Waals surface area contributed by atoms with Gasteiger partial charge in [-0.15, -0.1) is 0 Å². The van der Waals surface area contributed by atoms with Gasteiger partial charge in [0.2, 0.25) is 0 Å². The van der Waals surface area contributed by atoms with E-state index < -0.39 is 5.82 Å². The van der Waals surface area contributed by atoms with Crippen LogP contribution in [0.3, 0.4) is 0 Å². The van der Waals surface area contributed by atoms with Crippen molar-refractivity contribution in [3.05, 3.63) is 70.2 Å². The van der Waals surface area contributed by atoms with Gasteiger partial charge in [-0.25, -0.2) is 8.78 Å². The molecule has 1 unspecified atom stereocenters. The summed E-state index contributed by atoms with van der Waals surface area (Å²) in [6.07, 6.45) is 1.29. The lowest BCUT2D eigenvalue weighted by molar-refractivity contribution is 0.540. The Labute approximate surface area is 130 Å². The Balaban J connectivity index is 2.08. The Kier molecular flexibility index (Phi) is 5.55. The molecule has 0 aromatic heterocycles. The van der Waals surface area contributed by atoms with Gasteiger partial charge in [-0.05, 0) is 60.2 Å². The lowest BCUT2D eigenvalue weighted by Crippen LogP contribution is -2.11. The minimum Gasteiger partial charge on any atom is -0.207 e. The maximum absolute atomic E-state index is 13.7. The van der Waals surface area contributed by atoms with Crippen LogP contribution < -0.4 is 0 Å². The quantitative estimate of drug-likeness (QED) is 0.626. The molecule has 0 N–H and O–H groups in total. The molecule has 20 heavy (non-hydrogen) atoms. The van der Waals surface area contributed by atoms with Crippen LogP contribution in [0.5, 0.6) is 0 Å². The number of rotatable bonds is 5. The first-order valence-electron chi connectivity index (χ1n) is 6.33. The van der Waals surface area contributed by atoms with Gasteiger partial charge in [0.15, 0.2) is 0 Å². The van der Waals surface area contributed by atoms with Crippen LogP contribution in [0.15, 0.2) is 42.5 Å². The van der Waals surface area contributed by atoms with Gasteiger partial charge < -0.3 is 0 Å². The van der Waals surface area contributed by atoms with E-state index in [4.69, 9.17) is 11.6 Å².